The number of hydrogen-bond donors (Lipinski definition) is 0. The van der Waals surface area contributed by atoms with E-state index in [4.69, 9.17) is 4.74 Å². The molecule has 0 fully saturated rings. The van der Waals surface area contributed by atoms with E-state index in [2.05, 4.69) is 4.65 Å². The molecule has 2 rings (SSSR count). The van der Waals surface area contributed by atoms with Gasteiger partial charge in [0.2, 0.25) is 0 Å². The summed E-state index contributed by atoms with van der Waals surface area (Å²) in [6.07, 6.45) is 0. The second-order valence-electron chi connectivity index (χ2n) is 3.58. The summed E-state index contributed by atoms with van der Waals surface area (Å²) in [5, 5.41) is 0. The normalized spacial score (nSPS) is 9.61. The van der Waals surface area contributed by atoms with Gasteiger partial charge in [0.05, 0.1) is 0 Å². The first kappa shape index (κ1) is 12.3. The van der Waals surface area contributed by atoms with Gasteiger partial charge in [0.1, 0.15) is 0 Å². The van der Waals surface area contributed by atoms with Gasteiger partial charge in [-0.1, -0.05) is 0 Å². The molecule has 2 aromatic rings. The predicted molar refractivity (Wildman–Crippen MR) is 64.2 cm³/mol. The van der Waals surface area contributed by atoms with Gasteiger partial charge in [0.15, 0.2) is 0 Å². The van der Waals surface area contributed by atoms with Gasteiger partial charge in [0.25, 0.3) is 0 Å². The van der Waals surface area contributed by atoms with Gasteiger partial charge in [0, 0.05) is 0 Å². The van der Waals surface area contributed by atoms with Crippen molar-refractivity contribution in [3.8, 4) is 11.5 Å². The van der Waals surface area contributed by atoms with Crippen molar-refractivity contribution in [1.29, 1.82) is 0 Å². The minimum absolute atomic E-state index is 0.122. The third kappa shape index (κ3) is 3.16. The van der Waals surface area contributed by atoms with E-state index in [1.807, 2.05) is 30.3 Å². The monoisotopic (exact) mass is 244 g/mol. The van der Waals surface area contributed by atoms with Crippen LogP contribution in [0.3, 0.4) is 0 Å². The van der Waals surface area contributed by atoms with Gasteiger partial charge >= 0.3 is 104 Å². The molecule has 3 nitrogen and oxygen atoms in total. The van der Waals surface area contributed by atoms with Crippen molar-refractivity contribution in [2.24, 2.45) is 0 Å². The summed E-state index contributed by atoms with van der Waals surface area (Å²) in [7, 11) is 0.249. The van der Waals surface area contributed by atoms with Crippen molar-refractivity contribution in [3.63, 3.8) is 0 Å². The maximum absolute atomic E-state index is 13.6. The third-order valence-corrected chi connectivity index (χ3v) is 2.32. The summed E-state index contributed by atoms with van der Waals surface area (Å²) in [5.74, 6) is -0.294. The fourth-order valence-electron chi connectivity index (χ4n) is 1.46. The van der Waals surface area contributed by atoms with Gasteiger partial charge in [-0.3, -0.25) is 0 Å². The average molecular weight is 244 g/mol. The van der Waals surface area contributed by atoms with Crippen molar-refractivity contribution in [3.05, 3.63) is 59.9 Å². The van der Waals surface area contributed by atoms with Crippen LogP contribution in [0.1, 0.15) is 5.56 Å². The van der Waals surface area contributed by atoms with E-state index in [0.717, 1.165) is 11.6 Å². The number of benzene rings is 2. The average Bonchev–Trinajstić information content (AvgIpc) is 2.39. The van der Waals surface area contributed by atoms with Crippen molar-refractivity contribution in [2.45, 2.75) is 6.61 Å². The Kier molecular flexibility index (Phi) is 4.07. The van der Waals surface area contributed by atoms with Crippen LogP contribution in [0.15, 0.2) is 48.5 Å². The van der Waals surface area contributed by atoms with E-state index in [-0.39, 0.29) is 25.5 Å². The third-order valence-electron chi connectivity index (χ3n) is 2.32. The Bertz CT molecular complexity index is 531. The fraction of sp³-hybridized carbons (Fsp3) is 0.0769. The van der Waals surface area contributed by atoms with E-state index in [9.17, 15) is 9.10 Å². The molecule has 0 unspecified atom stereocenters. The topological polar surface area (TPSA) is 35.5 Å². The Morgan fingerprint density at radius 1 is 1.11 bits per heavy atom. The summed E-state index contributed by atoms with van der Waals surface area (Å²) in [6, 6.07) is 13.5. The fourth-order valence-corrected chi connectivity index (χ4v) is 1.46. The molecule has 0 radical (unpaired) electrons. The second kappa shape index (κ2) is 5.96. The maximum atomic E-state index is 13.6. The molecule has 0 heterocycles. The van der Waals surface area contributed by atoms with E-state index >= 15 is 0 Å². The molecule has 5 heteroatoms. The zero-order valence-corrected chi connectivity index (χ0v) is 9.51. The van der Waals surface area contributed by atoms with Crippen LogP contribution in [0.5, 0.6) is 11.5 Å². The van der Waals surface area contributed by atoms with Gasteiger partial charge in [-0.2, -0.15) is 0 Å². The van der Waals surface area contributed by atoms with Crippen LogP contribution in [0, 0.1) is 5.82 Å². The zero-order chi connectivity index (χ0) is 12.8. The summed E-state index contributed by atoms with van der Waals surface area (Å²) in [6.45, 7) is 0.283. The van der Waals surface area contributed by atoms with Crippen LogP contribution in [-0.2, 0) is 11.3 Å². The molecule has 0 spiro atoms. The predicted octanol–water partition coefficient (Wildman–Crippen LogP) is 2.75. The molecule has 0 bridgehead atoms. The van der Waals surface area contributed by atoms with E-state index < -0.39 is 5.82 Å². The first-order valence-electron chi connectivity index (χ1n) is 5.36. The standard InChI is InChI=1S/C13H10BFO3/c15-12-8-11(18-14-16)6-7-13(12)17-9-10-4-2-1-3-5-10/h1-8H,9H2. The molecule has 0 aliphatic carbocycles. The van der Waals surface area contributed by atoms with Crippen LogP contribution >= 0.6 is 0 Å². The van der Waals surface area contributed by atoms with Gasteiger partial charge in [-0.05, 0) is 0 Å². The molecular weight excluding hydrogens is 234 g/mol. The molecule has 0 aliphatic rings. The molecule has 0 saturated carbocycles. The quantitative estimate of drug-likeness (QED) is 0.758. The van der Waals surface area contributed by atoms with Gasteiger partial charge < -0.3 is 0 Å². The summed E-state index contributed by atoms with van der Waals surface area (Å²) < 4.78 is 33.5. The second-order valence-corrected chi connectivity index (χ2v) is 3.58. The summed E-state index contributed by atoms with van der Waals surface area (Å²) in [4.78, 5) is 0. The Labute approximate surface area is 104 Å². The van der Waals surface area contributed by atoms with Crippen molar-refractivity contribution >= 4 is 7.35 Å². The minimum atomic E-state index is -0.565. The van der Waals surface area contributed by atoms with Crippen LogP contribution < -0.4 is 9.39 Å². The molecular formula is C13H10BFO3. The van der Waals surface area contributed by atoms with Crippen LogP contribution in [-0.4, -0.2) is 7.35 Å². The van der Waals surface area contributed by atoms with Crippen molar-refractivity contribution in [1.82, 2.24) is 0 Å². The Balaban J connectivity index is 2.03. The molecule has 0 atom stereocenters. The first-order valence-corrected chi connectivity index (χ1v) is 5.36. The Morgan fingerprint density at radius 3 is 2.56 bits per heavy atom. The number of halogens is 1. The molecule has 2 aromatic carbocycles. The van der Waals surface area contributed by atoms with E-state index in [1.165, 1.54) is 12.1 Å². The Hall–Kier alpha value is -2.17. The van der Waals surface area contributed by atoms with Crippen molar-refractivity contribution in [2.75, 3.05) is 0 Å². The number of ether oxygens (including phenoxy) is 1. The molecule has 18 heavy (non-hydrogen) atoms. The van der Waals surface area contributed by atoms with E-state index in [1.54, 1.807) is 0 Å². The van der Waals surface area contributed by atoms with Crippen molar-refractivity contribution < 1.29 is 18.5 Å². The Morgan fingerprint density at radius 2 is 1.89 bits per heavy atom. The van der Waals surface area contributed by atoms with Crippen LogP contribution in [0.25, 0.3) is 0 Å². The molecule has 0 aromatic heterocycles. The molecule has 0 saturated heterocycles. The van der Waals surface area contributed by atoms with Crippen LogP contribution in [0.2, 0.25) is 0 Å². The van der Waals surface area contributed by atoms with Gasteiger partial charge in [-0.25, -0.2) is 0 Å². The summed E-state index contributed by atoms with van der Waals surface area (Å²) in [5.41, 5.74) is 0.949. The molecule has 0 aliphatic heterocycles. The number of rotatable bonds is 5. The van der Waals surface area contributed by atoms with Crippen LogP contribution in [0.4, 0.5) is 4.39 Å². The SMILES string of the molecule is O=BOc1ccc(OCc2ccccc2)c(F)c1. The van der Waals surface area contributed by atoms with E-state index in [0.29, 0.717) is 0 Å². The molecule has 90 valence electrons. The molecule has 0 amide bonds. The van der Waals surface area contributed by atoms with Gasteiger partial charge in [-0.15, -0.1) is 0 Å². The molecule has 0 N–H and O–H groups in total. The number of hydrogen-bond acceptors (Lipinski definition) is 3. The zero-order valence-electron chi connectivity index (χ0n) is 9.51. The first-order chi connectivity index (χ1) is 8.79. The summed E-state index contributed by atoms with van der Waals surface area (Å²) >= 11 is 0.